The second-order valence-electron chi connectivity index (χ2n) is 8.20. The van der Waals surface area contributed by atoms with Crippen LogP contribution in [0.5, 0.6) is 0 Å². The zero-order chi connectivity index (χ0) is 17.3. The van der Waals surface area contributed by atoms with E-state index in [2.05, 4.69) is 15.2 Å². The Morgan fingerprint density at radius 2 is 1.81 bits per heavy atom. The number of carbonyl (C=O) groups excluding carboxylic acids is 1. The Balaban J connectivity index is 0.00000196. The van der Waals surface area contributed by atoms with Crippen molar-refractivity contribution in [2.24, 2.45) is 16.3 Å². The van der Waals surface area contributed by atoms with Crippen LogP contribution in [0.4, 0.5) is 0 Å². The molecule has 2 saturated carbocycles. The largest absolute Gasteiger partial charge is 0.368 e. The van der Waals surface area contributed by atoms with E-state index in [4.69, 9.17) is 4.74 Å². The summed E-state index contributed by atoms with van der Waals surface area (Å²) >= 11 is 0. The first kappa shape index (κ1) is 20.2. The molecule has 2 aliphatic heterocycles. The molecular formula is C19H33IN4O2. The van der Waals surface area contributed by atoms with Gasteiger partial charge in [-0.15, -0.1) is 24.0 Å². The molecule has 0 bridgehead atoms. The fourth-order valence-electron chi connectivity index (χ4n) is 4.76. The minimum Gasteiger partial charge on any atom is -0.368 e. The minimum atomic E-state index is -0.194. The van der Waals surface area contributed by atoms with E-state index in [1.807, 2.05) is 11.9 Å². The van der Waals surface area contributed by atoms with Gasteiger partial charge in [0.15, 0.2) is 5.96 Å². The molecule has 1 unspecified atom stereocenters. The minimum absolute atomic E-state index is 0. The van der Waals surface area contributed by atoms with E-state index in [-0.39, 0.29) is 36.0 Å². The number of halogens is 1. The molecule has 1 N–H and O–H groups in total. The quantitative estimate of drug-likeness (QED) is 0.384. The Labute approximate surface area is 174 Å². The number of amides is 1. The number of carbonyl (C=O) groups is 1. The van der Waals surface area contributed by atoms with Crippen LogP contribution in [0.25, 0.3) is 0 Å². The van der Waals surface area contributed by atoms with Crippen LogP contribution in [0.15, 0.2) is 4.99 Å². The third-order valence-corrected chi connectivity index (χ3v) is 6.70. The summed E-state index contributed by atoms with van der Waals surface area (Å²) in [5, 5.41) is 3.65. The molecule has 0 spiro atoms. The average molecular weight is 476 g/mol. The van der Waals surface area contributed by atoms with Crippen molar-refractivity contribution in [2.75, 3.05) is 46.4 Å². The van der Waals surface area contributed by atoms with E-state index in [9.17, 15) is 4.79 Å². The number of nitrogens with zero attached hydrogens (tertiary/aromatic N) is 3. The van der Waals surface area contributed by atoms with E-state index >= 15 is 0 Å². The molecule has 0 aromatic heterocycles. The van der Waals surface area contributed by atoms with Crippen molar-refractivity contribution in [1.82, 2.24) is 15.1 Å². The van der Waals surface area contributed by atoms with Gasteiger partial charge in [-0.1, -0.05) is 6.42 Å². The fraction of sp³-hybridized carbons (Fsp3) is 0.895. The third-order valence-electron chi connectivity index (χ3n) is 6.70. The summed E-state index contributed by atoms with van der Waals surface area (Å²) in [6.45, 7) is 5.05. The van der Waals surface area contributed by atoms with E-state index in [1.165, 1.54) is 32.1 Å². The molecule has 2 saturated heterocycles. The average Bonchev–Trinajstić information content (AvgIpc) is 3.30. The maximum absolute atomic E-state index is 12.5. The molecule has 1 amide bonds. The van der Waals surface area contributed by atoms with Gasteiger partial charge in [0.25, 0.3) is 5.91 Å². The Bertz CT molecular complexity index is 520. The van der Waals surface area contributed by atoms with Crippen molar-refractivity contribution in [1.29, 1.82) is 0 Å². The Morgan fingerprint density at radius 1 is 1.12 bits per heavy atom. The van der Waals surface area contributed by atoms with Crippen LogP contribution in [-0.4, -0.2) is 74.1 Å². The number of rotatable bonds is 4. The lowest BCUT2D eigenvalue weighted by Crippen LogP contribution is -2.56. The molecule has 4 fully saturated rings. The second kappa shape index (κ2) is 8.63. The smallest absolute Gasteiger partial charge is 0.251 e. The van der Waals surface area contributed by atoms with E-state index in [0.717, 1.165) is 64.0 Å². The summed E-state index contributed by atoms with van der Waals surface area (Å²) in [7, 11) is 1.87. The van der Waals surface area contributed by atoms with Gasteiger partial charge in [0.05, 0.1) is 0 Å². The van der Waals surface area contributed by atoms with Gasteiger partial charge in [-0.3, -0.25) is 9.79 Å². The van der Waals surface area contributed by atoms with Crippen LogP contribution in [-0.2, 0) is 9.53 Å². The van der Waals surface area contributed by atoms with Gasteiger partial charge in [-0.2, -0.15) is 0 Å². The van der Waals surface area contributed by atoms with E-state index < -0.39 is 0 Å². The molecule has 2 aliphatic carbocycles. The van der Waals surface area contributed by atoms with Crippen LogP contribution in [0.2, 0.25) is 0 Å². The Hall–Kier alpha value is -0.570. The molecule has 1 atom stereocenters. The van der Waals surface area contributed by atoms with Gasteiger partial charge in [-0.25, -0.2) is 0 Å². The summed E-state index contributed by atoms with van der Waals surface area (Å²) in [5.74, 6) is 2.14. The predicted octanol–water partition coefficient (Wildman–Crippen LogP) is 2.08. The summed E-state index contributed by atoms with van der Waals surface area (Å²) in [4.78, 5) is 21.2. The third kappa shape index (κ3) is 4.13. The van der Waals surface area contributed by atoms with Gasteiger partial charge < -0.3 is 19.9 Å². The van der Waals surface area contributed by atoms with E-state index in [0.29, 0.717) is 5.41 Å². The molecule has 148 valence electrons. The number of nitrogens with one attached hydrogen (secondary N) is 1. The topological polar surface area (TPSA) is 57.2 Å². The monoisotopic (exact) mass is 476 g/mol. The van der Waals surface area contributed by atoms with Crippen molar-refractivity contribution >= 4 is 35.8 Å². The van der Waals surface area contributed by atoms with Gasteiger partial charge >= 0.3 is 0 Å². The molecule has 2 heterocycles. The summed E-state index contributed by atoms with van der Waals surface area (Å²) in [5.41, 5.74) is 0.549. The van der Waals surface area contributed by atoms with Crippen LogP contribution < -0.4 is 5.32 Å². The number of ether oxygens (including phenoxy) is 1. The highest BCUT2D eigenvalue weighted by molar-refractivity contribution is 14.0. The molecular weight excluding hydrogens is 443 g/mol. The standard InChI is InChI=1S/C19H32N4O2.HI/c1-20-18(21-14-19(7-3-8-19)15-5-6-15)23-11-9-22(10-12-23)17(24)16-4-2-13-25-16;/h15-16H,2-14H2,1H3,(H,20,21);1H. The molecule has 0 aromatic rings. The zero-order valence-corrected chi connectivity index (χ0v) is 18.2. The van der Waals surface area contributed by atoms with Gasteiger partial charge in [0.1, 0.15) is 6.10 Å². The van der Waals surface area contributed by atoms with Gasteiger partial charge in [0, 0.05) is 46.4 Å². The highest BCUT2D eigenvalue weighted by Gasteiger charge is 2.49. The molecule has 0 aromatic carbocycles. The highest BCUT2D eigenvalue weighted by atomic mass is 127. The number of hydrogen-bond acceptors (Lipinski definition) is 3. The summed E-state index contributed by atoms with van der Waals surface area (Å²) < 4.78 is 5.55. The highest BCUT2D eigenvalue weighted by Crippen LogP contribution is 2.56. The summed E-state index contributed by atoms with van der Waals surface area (Å²) in [6, 6.07) is 0. The lowest BCUT2D eigenvalue weighted by molar-refractivity contribution is -0.142. The number of hydrogen-bond donors (Lipinski definition) is 1. The van der Waals surface area contributed by atoms with E-state index in [1.54, 1.807) is 0 Å². The second-order valence-corrected chi connectivity index (χ2v) is 8.20. The van der Waals surface area contributed by atoms with Crippen LogP contribution in [0.1, 0.15) is 44.9 Å². The van der Waals surface area contributed by atoms with Crippen molar-refractivity contribution in [3.05, 3.63) is 0 Å². The molecule has 0 radical (unpaired) electrons. The first-order valence-electron chi connectivity index (χ1n) is 10.1. The molecule has 26 heavy (non-hydrogen) atoms. The molecule has 4 rings (SSSR count). The first-order chi connectivity index (χ1) is 12.2. The zero-order valence-electron chi connectivity index (χ0n) is 15.9. The molecule has 7 heteroatoms. The first-order valence-corrected chi connectivity index (χ1v) is 10.1. The molecule has 6 nitrogen and oxygen atoms in total. The summed E-state index contributed by atoms with van der Waals surface area (Å²) in [6.07, 6.45) is 8.69. The SMILES string of the molecule is CN=C(NCC1(C2CC2)CCC1)N1CCN(C(=O)C2CCCO2)CC1.I. The number of guanidine groups is 1. The number of aliphatic imine (C=N–C) groups is 1. The lowest BCUT2D eigenvalue weighted by atomic mass is 9.65. The van der Waals surface area contributed by atoms with Gasteiger partial charge in [0.2, 0.25) is 0 Å². The van der Waals surface area contributed by atoms with Crippen molar-refractivity contribution < 1.29 is 9.53 Å². The number of piperazine rings is 1. The fourth-order valence-corrected chi connectivity index (χ4v) is 4.76. The maximum Gasteiger partial charge on any atom is 0.251 e. The van der Waals surface area contributed by atoms with Crippen molar-refractivity contribution in [3.63, 3.8) is 0 Å². The normalized spacial score (nSPS) is 28.3. The Kier molecular flexibility index (Phi) is 6.69. The molecule has 4 aliphatic rings. The van der Waals surface area contributed by atoms with Crippen molar-refractivity contribution in [2.45, 2.75) is 51.0 Å². The van der Waals surface area contributed by atoms with Gasteiger partial charge in [-0.05, 0) is 49.9 Å². The van der Waals surface area contributed by atoms with Crippen LogP contribution in [0.3, 0.4) is 0 Å². The predicted molar refractivity (Wildman–Crippen MR) is 113 cm³/mol. The van der Waals surface area contributed by atoms with Crippen LogP contribution >= 0.6 is 24.0 Å². The lowest BCUT2D eigenvalue weighted by Gasteiger charge is -2.44. The maximum atomic E-state index is 12.5. The Morgan fingerprint density at radius 3 is 2.31 bits per heavy atom. The van der Waals surface area contributed by atoms with Crippen LogP contribution in [0, 0.1) is 11.3 Å². The van der Waals surface area contributed by atoms with Crippen molar-refractivity contribution in [3.8, 4) is 0 Å².